The Hall–Kier alpha value is -2.08. The molecule has 0 spiro atoms. The van der Waals surface area contributed by atoms with Gasteiger partial charge in [-0.3, -0.25) is 4.90 Å². The van der Waals surface area contributed by atoms with E-state index in [1.807, 2.05) is 30.3 Å². The highest BCUT2D eigenvalue weighted by Crippen LogP contribution is 2.34. The summed E-state index contributed by atoms with van der Waals surface area (Å²) >= 11 is 0. The summed E-state index contributed by atoms with van der Waals surface area (Å²) in [5.74, 6) is -0.482. The lowest BCUT2D eigenvalue weighted by molar-refractivity contribution is -0.198. The number of likely N-dealkylation sites (tertiary alicyclic amines) is 1. The molecule has 1 aromatic carbocycles. The molecular formula is C15H19NO5. The van der Waals surface area contributed by atoms with Crippen LogP contribution in [0.2, 0.25) is 0 Å². The Morgan fingerprint density at radius 1 is 1.29 bits per heavy atom. The zero-order valence-electron chi connectivity index (χ0n) is 12.4. The number of carbonyl (C=O) groups is 2. The molecule has 6 heteroatoms. The van der Waals surface area contributed by atoms with Gasteiger partial charge in [-0.25, -0.2) is 9.59 Å². The van der Waals surface area contributed by atoms with Crippen molar-refractivity contribution in [3.63, 3.8) is 0 Å². The van der Waals surface area contributed by atoms with Crippen molar-refractivity contribution < 1.29 is 23.8 Å². The number of hydrogen-bond acceptors (Lipinski definition) is 5. The van der Waals surface area contributed by atoms with Crippen LogP contribution in [0.25, 0.3) is 0 Å². The number of hydrogen-bond donors (Lipinski definition) is 0. The topological polar surface area (TPSA) is 65.1 Å². The number of benzene rings is 1. The van der Waals surface area contributed by atoms with Crippen LogP contribution in [0, 0.1) is 0 Å². The number of esters is 1. The van der Waals surface area contributed by atoms with Gasteiger partial charge in [0.15, 0.2) is 0 Å². The van der Waals surface area contributed by atoms with Crippen molar-refractivity contribution in [1.82, 2.24) is 4.90 Å². The number of nitrogens with zero attached hydrogens (tertiary/aromatic N) is 1. The SMILES string of the molecule is COC(=O)C1(OC)CN(C(=O)OCc2ccccc2)C1C. The number of carbonyl (C=O) groups excluding carboxylic acids is 2. The second-order valence-corrected chi connectivity index (χ2v) is 4.93. The van der Waals surface area contributed by atoms with Crippen molar-refractivity contribution in [3.05, 3.63) is 35.9 Å². The van der Waals surface area contributed by atoms with Crippen LogP contribution in [0.15, 0.2) is 30.3 Å². The van der Waals surface area contributed by atoms with Crippen LogP contribution in [0.5, 0.6) is 0 Å². The van der Waals surface area contributed by atoms with Crippen LogP contribution in [0.4, 0.5) is 4.79 Å². The minimum absolute atomic E-state index is 0.130. The van der Waals surface area contributed by atoms with E-state index in [9.17, 15) is 9.59 Å². The molecule has 0 saturated carbocycles. The lowest BCUT2D eigenvalue weighted by atomic mass is 9.84. The van der Waals surface area contributed by atoms with Gasteiger partial charge in [-0.05, 0) is 12.5 Å². The average molecular weight is 293 g/mol. The summed E-state index contributed by atoms with van der Waals surface area (Å²) in [4.78, 5) is 25.2. The van der Waals surface area contributed by atoms with Gasteiger partial charge < -0.3 is 14.2 Å². The van der Waals surface area contributed by atoms with Gasteiger partial charge in [-0.2, -0.15) is 0 Å². The van der Waals surface area contributed by atoms with Crippen molar-refractivity contribution in [2.45, 2.75) is 25.2 Å². The second kappa shape index (κ2) is 6.13. The molecule has 6 nitrogen and oxygen atoms in total. The number of amides is 1. The van der Waals surface area contributed by atoms with E-state index in [0.717, 1.165) is 5.56 Å². The minimum atomic E-state index is -1.10. The fraction of sp³-hybridized carbons (Fsp3) is 0.467. The summed E-state index contributed by atoms with van der Waals surface area (Å²) in [5, 5.41) is 0. The molecule has 2 atom stereocenters. The molecule has 0 aliphatic carbocycles. The number of rotatable bonds is 4. The molecule has 1 amide bonds. The highest BCUT2D eigenvalue weighted by atomic mass is 16.6. The van der Waals surface area contributed by atoms with Gasteiger partial charge in [-0.15, -0.1) is 0 Å². The lowest BCUT2D eigenvalue weighted by Crippen LogP contribution is -2.74. The third-order valence-electron chi connectivity index (χ3n) is 3.88. The van der Waals surface area contributed by atoms with E-state index in [1.165, 1.54) is 19.1 Å². The highest BCUT2D eigenvalue weighted by Gasteiger charge is 2.59. The third-order valence-corrected chi connectivity index (χ3v) is 3.88. The summed E-state index contributed by atoms with van der Waals surface area (Å²) < 4.78 is 15.2. The monoisotopic (exact) mass is 293 g/mol. The Labute approximate surface area is 123 Å². The van der Waals surface area contributed by atoms with Crippen LogP contribution in [0.3, 0.4) is 0 Å². The molecule has 0 N–H and O–H groups in total. The normalized spacial score (nSPS) is 24.1. The second-order valence-electron chi connectivity index (χ2n) is 4.93. The summed E-state index contributed by atoms with van der Waals surface area (Å²) in [6.07, 6.45) is -0.470. The van der Waals surface area contributed by atoms with Crippen molar-refractivity contribution in [1.29, 1.82) is 0 Å². The van der Waals surface area contributed by atoms with E-state index >= 15 is 0 Å². The highest BCUT2D eigenvalue weighted by molar-refractivity contribution is 5.85. The summed E-state index contributed by atoms with van der Waals surface area (Å²) in [6.45, 7) is 2.06. The van der Waals surface area contributed by atoms with Crippen molar-refractivity contribution >= 4 is 12.1 Å². The third kappa shape index (κ3) is 2.71. The maximum atomic E-state index is 12.0. The molecule has 1 heterocycles. The smallest absolute Gasteiger partial charge is 0.410 e. The Morgan fingerprint density at radius 3 is 2.48 bits per heavy atom. The molecule has 1 aliphatic heterocycles. The molecule has 0 bridgehead atoms. The zero-order chi connectivity index (χ0) is 15.5. The van der Waals surface area contributed by atoms with Gasteiger partial charge in [0.1, 0.15) is 6.61 Å². The van der Waals surface area contributed by atoms with Gasteiger partial charge in [0, 0.05) is 7.11 Å². The molecule has 0 radical (unpaired) electrons. The van der Waals surface area contributed by atoms with Crippen LogP contribution in [0.1, 0.15) is 12.5 Å². The Bertz CT molecular complexity index is 518. The van der Waals surface area contributed by atoms with E-state index in [-0.39, 0.29) is 13.2 Å². The summed E-state index contributed by atoms with van der Waals surface area (Å²) in [6, 6.07) is 8.97. The number of methoxy groups -OCH3 is 2. The molecule has 1 aromatic rings. The Balaban J connectivity index is 1.92. The molecule has 0 aromatic heterocycles. The molecule has 1 saturated heterocycles. The van der Waals surface area contributed by atoms with E-state index in [1.54, 1.807) is 6.92 Å². The van der Waals surface area contributed by atoms with Crippen LogP contribution in [-0.4, -0.2) is 49.4 Å². The first-order chi connectivity index (χ1) is 10.0. The van der Waals surface area contributed by atoms with E-state index in [4.69, 9.17) is 14.2 Å². The predicted octanol–water partition coefficient (Wildman–Crippen LogP) is 1.59. The van der Waals surface area contributed by atoms with Crippen molar-refractivity contribution in [2.24, 2.45) is 0 Å². The van der Waals surface area contributed by atoms with Crippen LogP contribution in [-0.2, 0) is 25.6 Å². The van der Waals surface area contributed by atoms with Crippen molar-refractivity contribution in [2.75, 3.05) is 20.8 Å². The fourth-order valence-corrected chi connectivity index (χ4v) is 2.41. The zero-order valence-corrected chi connectivity index (χ0v) is 12.4. The summed E-state index contributed by atoms with van der Waals surface area (Å²) in [5.41, 5.74) is -0.189. The fourth-order valence-electron chi connectivity index (χ4n) is 2.41. The average Bonchev–Trinajstić information content (AvgIpc) is 2.52. The molecule has 21 heavy (non-hydrogen) atoms. The first-order valence-corrected chi connectivity index (χ1v) is 6.66. The van der Waals surface area contributed by atoms with Gasteiger partial charge in [-0.1, -0.05) is 30.3 Å². The maximum absolute atomic E-state index is 12.0. The molecule has 2 unspecified atom stereocenters. The molecular weight excluding hydrogens is 274 g/mol. The maximum Gasteiger partial charge on any atom is 0.410 e. The quantitative estimate of drug-likeness (QED) is 0.789. The van der Waals surface area contributed by atoms with E-state index in [0.29, 0.717) is 0 Å². The molecule has 2 rings (SSSR count). The van der Waals surface area contributed by atoms with Crippen LogP contribution < -0.4 is 0 Å². The predicted molar refractivity (Wildman–Crippen MR) is 74.6 cm³/mol. The minimum Gasteiger partial charge on any atom is -0.467 e. The van der Waals surface area contributed by atoms with Gasteiger partial charge >= 0.3 is 12.1 Å². The first kappa shape index (κ1) is 15.3. The van der Waals surface area contributed by atoms with E-state index in [2.05, 4.69) is 0 Å². The largest absolute Gasteiger partial charge is 0.467 e. The van der Waals surface area contributed by atoms with Gasteiger partial charge in [0.05, 0.1) is 19.7 Å². The van der Waals surface area contributed by atoms with Gasteiger partial charge in [0.25, 0.3) is 0 Å². The molecule has 1 fully saturated rings. The molecule has 1 aliphatic rings. The molecule has 114 valence electrons. The van der Waals surface area contributed by atoms with Crippen LogP contribution >= 0.6 is 0 Å². The standard InChI is InChI=1S/C15H19NO5/c1-11-15(20-3,13(17)19-2)10-16(11)14(18)21-9-12-7-5-4-6-8-12/h4-8,11H,9-10H2,1-3H3. The summed E-state index contributed by atoms with van der Waals surface area (Å²) in [7, 11) is 2.73. The Kier molecular flexibility index (Phi) is 4.47. The van der Waals surface area contributed by atoms with Gasteiger partial charge in [0.2, 0.25) is 5.60 Å². The van der Waals surface area contributed by atoms with Crippen molar-refractivity contribution in [3.8, 4) is 0 Å². The number of ether oxygens (including phenoxy) is 3. The first-order valence-electron chi connectivity index (χ1n) is 6.66. The Morgan fingerprint density at radius 2 is 1.95 bits per heavy atom. The van der Waals surface area contributed by atoms with E-state index < -0.39 is 23.7 Å². The lowest BCUT2D eigenvalue weighted by Gasteiger charge is -2.51.